The summed E-state index contributed by atoms with van der Waals surface area (Å²) in [6.45, 7) is 2.99. The highest BCUT2D eigenvalue weighted by Gasteiger charge is 2.21. The van der Waals surface area contributed by atoms with Gasteiger partial charge in [-0.2, -0.15) is 9.61 Å². The number of rotatable bonds is 2. The first kappa shape index (κ1) is 13.9. The molecule has 23 heavy (non-hydrogen) atoms. The zero-order valence-corrected chi connectivity index (χ0v) is 12.8. The van der Waals surface area contributed by atoms with Crippen LogP contribution in [0.2, 0.25) is 5.02 Å². The Kier molecular flexibility index (Phi) is 3.34. The first-order chi connectivity index (χ1) is 11.2. The van der Waals surface area contributed by atoms with Crippen molar-refractivity contribution in [2.45, 2.75) is 0 Å². The van der Waals surface area contributed by atoms with Gasteiger partial charge in [-0.05, 0) is 12.1 Å². The van der Waals surface area contributed by atoms with Gasteiger partial charge in [0.05, 0.1) is 11.9 Å². The fourth-order valence-corrected chi connectivity index (χ4v) is 2.87. The van der Waals surface area contributed by atoms with Crippen molar-refractivity contribution in [1.29, 1.82) is 0 Å². The van der Waals surface area contributed by atoms with Crippen LogP contribution in [0, 0.1) is 0 Å². The zero-order valence-electron chi connectivity index (χ0n) is 12.1. The monoisotopic (exact) mass is 332 g/mol. The molecule has 9 nitrogen and oxygen atoms in total. The number of piperazine rings is 1. The third-order valence-electron chi connectivity index (χ3n) is 3.87. The van der Waals surface area contributed by atoms with Crippen molar-refractivity contribution >= 4 is 28.8 Å². The third-order valence-corrected chi connectivity index (χ3v) is 4.23. The summed E-state index contributed by atoms with van der Waals surface area (Å²) < 4.78 is 1.65. The summed E-state index contributed by atoms with van der Waals surface area (Å²) in [5.74, 6) is 0.868. The van der Waals surface area contributed by atoms with Gasteiger partial charge in [0.2, 0.25) is 0 Å². The van der Waals surface area contributed by atoms with Crippen LogP contribution in [0.1, 0.15) is 0 Å². The van der Waals surface area contributed by atoms with E-state index >= 15 is 0 Å². The van der Waals surface area contributed by atoms with Crippen LogP contribution in [0.3, 0.4) is 0 Å². The van der Waals surface area contributed by atoms with Crippen molar-refractivity contribution in [1.82, 2.24) is 30.0 Å². The van der Waals surface area contributed by atoms with Crippen molar-refractivity contribution < 1.29 is 0 Å². The van der Waals surface area contributed by atoms with E-state index in [2.05, 4.69) is 35.3 Å². The van der Waals surface area contributed by atoms with Crippen LogP contribution >= 0.6 is 11.6 Å². The minimum atomic E-state index is -0.369. The molecule has 0 unspecified atom stereocenters. The van der Waals surface area contributed by atoms with E-state index in [1.54, 1.807) is 17.0 Å². The summed E-state index contributed by atoms with van der Waals surface area (Å²) >= 11 is 6.06. The summed E-state index contributed by atoms with van der Waals surface area (Å²) in [6, 6.07) is 3.82. The molecule has 0 spiro atoms. The lowest BCUT2D eigenvalue weighted by Crippen LogP contribution is -2.47. The molecule has 0 saturated carbocycles. The van der Waals surface area contributed by atoms with Gasteiger partial charge in [0.25, 0.3) is 5.56 Å². The van der Waals surface area contributed by atoms with Crippen LogP contribution in [0.25, 0.3) is 5.65 Å². The summed E-state index contributed by atoms with van der Waals surface area (Å²) in [5, 5.41) is 18.6. The highest BCUT2D eigenvalue weighted by atomic mass is 35.5. The fraction of sp³-hybridized carbons (Fsp3) is 0.308. The molecule has 1 N–H and O–H groups in total. The van der Waals surface area contributed by atoms with E-state index in [0.717, 1.165) is 32.0 Å². The molecule has 0 atom stereocenters. The Bertz CT molecular complexity index is 898. The molecule has 3 aromatic heterocycles. The van der Waals surface area contributed by atoms with Crippen LogP contribution < -0.4 is 15.4 Å². The van der Waals surface area contributed by atoms with E-state index < -0.39 is 0 Å². The summed E-state index contributed by atoms with van der Waals surface area (Å²) in [5.41, 5.74) is 1.01. The third kappa shape index (κ3) is 2.48. The Hall–Kier alpha value is -2.68. The van der Waals surface area contributed by atoms with E-state index in [1.165, 1.54) is 0 Å². The first-order valence-corrected chi connectivity index (χ1v) is 7.50. The fourth-order valence-electron chi connectivity index (χ4n) is 2.66. The molecule has 1 fully saturated rings. The second-order valence-corrected chi connectivity index (χ2v) is 5.58. The Morgan fingerprint density at radius 1 is 1.13 bits per heavy atom. The van der Waals surface area contributed by atoms with Gasteiger partial charge >= 0.3 is 0 Å². The topological polar surface area (TPSA) is 95.3 Å². The molecule has 1 saturated heterocycles. The van der Waals surface area contributed by atoms with Gasteiger partial charge in [-0.15, -0.1) is 15.3 Å². The number of hydrogen-bond acceptors (Lipinski definition) is 7. The second-order valence-electron chi connectivity index (χ2n) is 5.20. The Morgan fingerprint density at radius 3 is 2.74 bits per heavy atom. The molecule has 4 heterocycles. The van der Waals surface area contributed by atoms with Gasteiger partial charge < -0.3 is 9.80 Å². The molecule has 0 bridgehead atoms. The number of nitrogens with zero attached hydrogens (tertiary/aromatic N) is 7. The van der Waals surface area contributed by atoms with Gasteiger partial charge in [-0.1, -0.05) is 11.6 Å². The SMILES string of the molecule is O=c1[nH]ncc(N2CCN(c3ccc4nncn4n3)CC2)c1Cl. The number of aromatic amines is 1. The zero-order chi connectivity index (χ0) is 15.8. The van der Waals surface area contributed by atoms with Crippen molar-refractivity contribution in [2.24, 2.45) is 0 Å². The maximum atomic E-state index is 11.6. The quantitative estimate of drug-likeness (QED) is 0.715. The summed E-state index contributed by atoms with van der Waals surface area (Å²) in [6.07, 6.45) is 3.16. The maximum Gasteiger partial charge on any atom is 0.285 e. The lowest BCUT2D eigenvalue weighted by atomic mass is 10.3. The maximum absolute atomic E-state index is 11.6. The van der Waals surface area contributed by atoms with Gasteiger partial charge in [0.1, 0.15) is 17.2 Å². The van der Waals surface area contributed by atoms with E-state index in [4.69, 9.17) is 11.6 Å². The number of H-pyrrole nitrogens is 1. The molecule has 1 aliphatic heterocycles. The van der Waals surface area contributed by atoms with Crippen LogP contribution in [0.5, 0.6) is 0 Å². The lowest BCUT2D eigenvalue weighted by Gasteiger charge is -2.36. The van der Waals surface area contributed by atoms with Gasteiger partial charge in [0.15, 0.2) is 5.65 Å². The second kappa shape index (κ2) is 5.51. The van der Waals surface area contributed by atoms with E-state index in [1.807, 2.05) is 12.1 Å². The average Bonchev–Trinajstić information content (AvgIpc) is 3.05. The molecule has 118 valence electrons. The van der Waals surface area contributed by atoms with Gasteiger partial charge in [-0.3, -0.25) is 4.79 Å². The number of fused-ring (bicyclic) bond motifs is 1. The van der Waals surface area contributed by atoms with E-state index in [-0.39, 0.29) is 10.6 Å². The molecule has 0 aromatic carbocycles. The molecular weight excluding hydrogens is 320 g/mol. The Labute approximate surface area is 135 Å². The van der Waals surface area contributed by atoms with Crippen molar-refractivity contribution in [3.63, 3.8) is 0 Å². The molecule has 4 rings (SSSR count). The molecule has 0 radical (unpaired) electrons. The molecule has 0 amide bonds. The van der Waals surface area contributed by atoms with E-state index in [0.29, 0.717) is 11.3 Å². The summed E-state index contributed by atoms with van der Waals surface area (Å²) in [7, 11) is 0. The van der Waals surface area contributed by atoms with Gasteiger partial charge in [-0.25, -0.2) is 5.10 Å². The van der Waals surface area contributed by atoms with E-state index in [9.17, 15) is 4.79 Å². The smallest absolute Gasteiger partial charge is 0.285 e. The standard InChI is InChI=1S/C13H13ClN8O/c14-12-9(7-15-18-13(12)23)20-3-5-21(6-4-20)11-2-1-10-17-16-8-22(10)19-11/h1-2,7-8H,3-6H2,(H,18,23). The highest BCUT2D eigenvalue weighted by molar-refractivity contribution is 6.33. The number of halogens is 1. The van der Waals surface area contributed by atoms with Gasteiger partial charge in [0, 0.05) is 26.2 Å². The highest BCUT2D eigenvalue weighted by Crippen LogP contribution is 2.23. The summed E-state index contributed by atoms with van der Waals surface area (Å²) in [4.78, 5) is 15.8. The predicted octanol–water partition coefficient (Wildman–Crippen LogP) is 0.188. The number of aromatic nitrogens is 6. The molecule has 10 heteroatoms. The molecule has 0 aliphatic carbocycles. The Morgan fingerprint density at radius 2 is 1.91 bits per heavy atom. The molecular formula is C13H13ClN8O. The number of hydrogen-bond donors (Lipinski definition) is 1. The predicted molar refractivity (Wildman–Crippen MR) is 85.1 cm³/mol. The van der Waals surface area contributed by atoms with Crippen LogP contribution in [-0.4, -0.2) is 56.2 Å². The number of nitrogens with one attached hydrogen (secondary N) is 1. The lowest BCUT2D eigenvalue weighted by molar-refractivity contribution is 0.639. The molecule has 1 aliphatic rings. The van der Waals surface area contributed by atoms with Crippen molar-refractivity contribution in [2.75, 3.05) is 36.0 Å². The Balaban J connectivity index is 1.52. The molecule has 3 aromatic rings. The first-order valence-electron chi connectivity index (χ1n) is 7.12. The minimum absolute atomic E-state index is 0.178. The normalized spacial score (nSPS) is 15.3. The average molecular weight is 333 g/mol. The van der Waals surface area contributed by atoms with Crippen LogP contribution in [-0.2, 0) is 0 Å². The van der Waals surface area contributed by atoms with Crippen LogP contribution in [0.4, 0.5) is 11.5 Å². The number of anilines is 2. The minimum Gasteiger partial charge on any atom is -0.365 e. The van der Waals surface area contributed by atoms with Crippen LogP contribution in [0.15, 0.2) is 29.5 Å². The van der Waals surface area contributed by atoms with Crippen molar-refractivity contribution in [3.8, 4) is 0 Å². The largest absolute Gasteiger partial charge is 0.365 e. The van der Waals surface area contributed by atoms with Crippen molar-refractivity contribution in [3.05, 3.63) is 40.0 Å².